The normalized spacial score (nSPS) is 27.4. The van der Waals surface area contributed by atoms with Crippen molar-refractivity contribution < 1.29 is 0 Å². The molecule has 0 amide bonds. The average molecular weight is 448 g/mol. The fourth-order valence-electron chi connectivity index (χ4n) is 5.53. The molecule has 2 aromatic carbocycles. The number of likely N-dealkylation sites (tertiary alicyclic amines) is 2. The third kappa shape index (κ3) is 5.13. The van der Waals surface area contributed by atoms with E-state index < -0.39 is 0 Å². The number of rotatable bonds is 7. The van der Waals surface area contributed by atoms with Crippen LogP contribution in [-0.4, -0.2) is 60.0 Å². The van der Waals surface area contributed by atoms with E-state index in [-0.39, 0.29) is 4.87 Å². The third-order valence-electron chi connectivity index (χ3n) is 7.33. The summed E-state index contributed by atoms with van der Waals surface area (Å²) in [6.45, 7) is 7.25. The molecule has 2 atom stereocenters. The lowest BCUT2D eigenvalue weighted by Crippen LogP contribution is -2.38. The Hall–Kier alpha value is -1.62. The van der Waals surface area contributed by atoms with Gasteiger partial charge in [-0.2, -0.15) is 0 Å². The van der Waals surface area contributed by atoms with Gasteiger partial charge in [0.1, 0.15) is 4.87 Å². The Bertz CT molecular complexity index is 872. The molecule has 0 bridgehead atoms. The molecule has 4 heteroatoms. The summed E-state index contributed by atoms with van der Waals surface area (Å²) < 4.78 is 0. The first kappa shape index (κ1) is 22.2. The Morgan fingerprint density at radius 3 is 2.00 bits per heavy atom. The summed E-state index contributed by atoms with van der Waals surface area (Å²) in [5, 5.41) is 0.428. The van der Waals surface area contributed by atoms with Crippen molar-refractivity contribution in [3.8, 4) is 0 Å². The van der Waals surface area contributed by atoms with Crippen molar-refractivity contribution >= 4 is 17.5 Å². The predicted molar refractivity (Wildman–Crippen MR) is 138 cm³/mol. The lowest BCUT2D eigenvalue weighted by atomic mass is 10.0. The van der Waals surface area contributed by atoms with Crippen LogP contribution in [0.3, 0.4) is 0 Å². The van der Waals surface area contributed by atoms with Crippen LogP contribution < -0.4 is 0 Å². The van der Waals surface area contributed by atoms with Gasteiger partial charge in [-0.05, 0) is 69.4 Å². The number of piperidine rings is 2. The summed E-state index contributed by atoms with van der Waals surface area (Å²) >= 11 is 2.12. The number of hydrogen-bond acceptors (Lipinski definition) is 4. The lowest BCUT2D eigenvalue weighted by molar-refractivity contribution is 0.218. The van der Waals surface area contributed by atoms with Gasteiger partial charge in [-0.15, -0.1) is 11.8 Å². The Kier molecular flexibility index (Phi) is 7.31. The highest BCUT2D eigenvalue weighted by Crippen LogP contribution is 2.50. The SMILES string of the molecule is c1ccc(C2=N[C@](CCN3CCCCC3)(c3ccccc3)S[C@H]2CN2CCCCC2)cc1. The maximum absolute atomic E-state index is 5.62. The number of aliphatic imine (C=N–C) groups is 1. The van der Waals surface area contributed by atoms with Crippen LogP contribution in [0.4, 0.5) is 0 Å². The zero-order valence-electron chi connectivity index (χ0n) is 19.3. The third-order valence-corrected chi connectivity index (χ3v) is 8.90. The first-order valence-corrected chi connectivity index (χ1v) is 13.5. The standard InChI is InChI=1S/C28H37N3S/c1-5-13-24(14-6-1)27-26(23-31-20-11-4-12-21-31)32-28(29-27,25-15-7-2-8-16-25)17-22-30-18-9-3-10-19-30/h1-2,5-8,13-16,26H,3-4,9-12,17-23H2/t26-,28-/m0/s1. The fraction of sp³-hybridized carbons (Fsp3) is 0.536. The largest absolute Gasteiger partial charge is 0.303 e. The predicted octanol–water partition coefficient (Wildman–Crippen LogP) is 5.81. The van der Waals surface area contributed by atoms with Crippen molar-refractivity contribution in [1.82, 2.24) is 9.80 Å². The molecule has 0 unspecified atom stereocenters. The molecule has 0 N–H and O–H groups in total. The van der Waals surface area contributed by atoms with E-state index in [9.17, 15) is 0 Å². The first-order chi connectivity index (χ1) is 15.8. The second-order valence-electron chi connectivity index (χ2n) is 9.63. The molecule has 2 fully saturated rings. The zero-order chi connectivity index (χ0) is 21.6. The molecule has 3 aliphatic heterocycles. The lowest BCUT2D eigenvalue weighted by Gasteiger charge is -2.33. The van der Waals surface area contributed by atoms with Crippen LogP contribution in [0.5, 0.6) is 0 Å². The summed E-state index contributed by atoms with van der Waals surface area (Å²) in [5.41, 5.74) is 3.98. The average Bonchev–Trinajstić information content (AvgIpc) is 3.25. The van der Waals surface area contributed by atoms with Gasteiger partial charge in [-0.25, -0.2) is 0 Å². The van der Waals surface area contributed by atoms with Gasteiger partial charge >= 0.3 is 0 Å². The van der Waals surface area contributed by atoms with Gasteiger partial charge in [0.25, 0.3) is 0 Å². The monoisotopic (exact) mass is 447 g/mol. The van der Waals surface area contributed by atoms with Gasteiger partial charge in [0.05, 0.1) is 11.0 Å². The second-order valence-corrected chi connectivity index (χ2v) is 11.1. The summed E-state index contributed by atoms with van der Waals surface area (Å²) in [6, 6.07) is 22.1. The molecule has 170 valence electrons. The van der Waals surface area contributed by atoms with E-state index in [1.807, 2.05) is 0 Å². The smallest absolute Gasteiger partial charge is 0.133 e. The Balaban J connectivity index is 1.46. The number of benzene rings is 2. The minimum absolute atomic E-state index is 0.176. The minimum Gasteiger partial charge on any atom is -0.303 e. The molecule has 3 nitrogen and oxygen atoms in total. The zero-order valence-corrected chi connectivity index (χ0v) is 20.1. The highest BCUT2D eigenvalue weighted by molar-refractivity contribution is 8.02. The minimum atomic E-state index is -0.176. The molecule has 0 aliphatic carbocycles. The molecule has 0 aromatic heterocycles. The van der Waals surface area contributed by atoms with Crippen molar-refractivity contribution in [2.24, 2.45) is 4.99 Å². The van der Waals surface area contributed by atoms with E-state index in [1.54, 1.807) is 0 Å². The molecule has 3 aliphatic rings. The van der Waals surface area contributed by atoms with E-state index in [4.69, 9.17) is 4.99 Å². The first-order valence-electron chi connectivity index (χ1n) is 12.7. The van der Waals surface area contributed by atoms with Crippen LogP contribution in [0.15, 0.2) is 65.7 Å². The Morgan fingerprint density at radius 1 is 0.750 bits per heavy atom. The van der Waals surface area contributed by atoms with Gasteiger partial charge in [0, 0.05) is 13.1 Å². The highest BCUT2D eigenvalue weighted by atomic mass is 32.2. The molecular formula is C28H37N3S. The molecule has 0 spiro atoms. The molecule has 5 rings (SSSR count). The van der Waals surface area contributed by atoms with E-state index >= 15 is 0 Å². The fourth-order valence-corrected chi connectivity index (χ4v) is 7.22. The van der Waals surface area contributed by atoms with Gasteiger partial charge in [-0.1, -0.05) is 73.5 Å². The van der Waals surface area contributed by atoms with Crippen LogP contribution in [0.25, 0.3) is 0 Å². The summed E-state index contributed by atoms with van der Waals surface area (Å²) in [6.07, 6.45) is 9.25. The van der Waals surface area contributed by atoms with Crippen molar-refractivity contribution in [3.63, 3.8) is 0 Å². The summed E-state index contributed by atoms with van der Waals surface area (Å²) in [7, 11) is 0. The highest BCUT2D eigenvalue weighted by Gasteiger charge is 2.44. The summed E-state index contributed by atoms with van der Waals surface area (Å²) in [5.74, 6) is 0. The Morgan fingerprint density at radius 2 is 1.34 bits per heavy atom. The maximum atomic E-state index is 5.62. The molecular weight excluding hydrogens is 410 g/mol. The topological polar surface area (TPSA) is 18.8 Å². The maximum Gasteiger partial charge on any atom is 0.133 e. The second kappa shape index (κ2) is 10.5. The van der Waals surface area contributed by atoms with E-state index in [0.717, 1.165) is 19.5 Å². The van der Waals surface area contributed by atoms with Gasteiger partial charge in [-0.3, -0.25) is 4.99 Å². The summed E-state index contributed by atoms with van der Waals surface area (Å²) in [4.78, 5) is 10.8. The van der Waals surface area contributed by atoms with Gasteiger partial charge in [0.2, 0.25) is 0 Å². The van der Waals surface area contributed by atoms with Crippen LogP contribution >= 0.6 is 11.8 Å². The Labute approximate surface area is 198 Å². The van der Waals surface area contributed by atoms with Crippen molar-refractivity contribution in [2.45, 2.75) is 55.1 Å². The number of thioether (sulfide) groups is 1. The number of hydrogen-bond donors (Lipinski definition) is 0. The van der Waals surface area contributed by atoms with Crippen LogP contribution in [0.2, 0.25) is 0 Å². The van der Waals surface area contributed by atoms with Crippen LogP contribution in [0.1, 0.15) is 56.1 Å². The van der Waals surface area contributed by atoms with Crippen molar-refractivity contribution in [1.29, 1.82) is 0 Å². The van der Waals surface area contributed by atoms with E-state index in [0.29, 0.717) is 5.25 Å². The number of nitrogens with zero attached hydrogens (tertiary/aromatic N) is 3. The molecule has 2 saturated heterocycles. The van der Waals surface area contributed by atoms with Crippen LogP contribution in [0, 0.1) is 0 Å². The molecule has 0 radical (unpaired) electrons. The van der Waals surface area contributed by atoms with Crippen molar-refractivity contribution in [2.75, 3.05) is 39.3 Å². The van der Waals surface area contributed by atoms with Crippen LogP contribution in [-0.2, 0) is 4.87 Å². The van der Waals surface area contributed by atoms with Crippen molar-refractivity contribution in [3.05, 3.63) is 71.8 Å². The molecule has 2 aromatic rings. The van der Waals surface area contributed by atoms with E-state index in [2.05, 4.69) is 82.2 Å². The molecule has 0 saturated carbocycles. The van der Waals surface area contributed by atoms with Gasteiger partial charge in [0.15, 0.2) is 0 Å². The molecule has 32 heavy (non-hydrogen) atoms. The van der Waals surface area contributed by atoms with Gasteiger partial charge < -0.3 is 9.80 Å². The van der Waals surface area contributed by atoms with E-state index in [1.165, 1.54) is 81.5 Å². The molecule has 3 heterocycles. The quantitative estimate of drug-likeness (QED) is 0.534.